The molecule has 0 N–H and O–H groups in total. The van der Waals surface area contributed by atoms with Crippen LogP contribution in [0, 0.1) is 6.92 Å². The van der Waals surface area contributed by atoms with Gasteiger partial charge < -0.3 is 0 Å². The molecule has 2 nitrogen and oxygen atoms in total. The molecule has 0 spiro atoms. The summed E-state index contributed by atoms with van der Waals surface area (Å²) in [4.78, 5) is 10.3. The fraction of sp³-hybridized carbons (Fsp3) is 0.143. The molecular weight excluding hydrogens is 260 g/mol. The van der Waals surface area contributed by atoms with Gasteiger partial charge in [-0.05, 0) is 24.8 Å². The van der Waals surface area contributed by atoms with Gasteiger partial charge >= 0.3 is 0 Å². The molecule has 2 heterocycles. The maximum absolute atomic E-state index is 4.52. The van der Waals surface area contributed by atoms with Gasteiger partial charge in [0.1, 0.15) is 10.9 Å². The highest BCUT2D eigenvalue weighted by atomic mass is 32.2. The zero-order valence-electron chi connectivity index (χ0n) is 10.2. The van der Waals surface area contributed by atoms with E-state index in [9.17, 15) is 0 Å². The van der Waals surface area contributed by atoms with E-state index in [0.29, 0.717) is 0 Å². The number of thioether (sulfide) groups is 1. The lowest BCUT2D eigenvalue weighted by Crippen LogP contribution is -1.88. The molecule has 0 unspecified atom stereocenters. The Morgan fingerprint density at radius 1 is 1.11 bits per heavy atom. The number of fused-ring (bicyclic) bond motifs is 1. The molecule has 3 rings (SSSR count). The van der Waals surface area contributed by atoms with Gasteiger partial charge in [0.05, 0.1) is 10.2 Å². The smallest absolute Gasteiger partial charge is 0.127 e. The van der Waals surface area contributed by atoms with E-state index in [2.05, 4.69) is 46.6 Å². The van der Waals surface area contributed by atoms with E-state index in [1.54, 1.807) is 23.1 Å². The summed E-state index contributed by atoms with van der Waals surface area (Å²) in [5.41, 5.74) is 2.29. The van der Waals surface area contributed by atoms with Crippen LogP contribution in [0.3, 0.4) is 0 Å². The standard InChI is InChI=1S/C14H12N2S2/c1-9-15-11-8-12(10-6-4-3-5-7-10)18-13(11)14(16-9)17-2/h3-8H,1-2H3. The SMILES string of the molecule is CSc1nc(C)nc2cc(-c3ccccc3)sc12. The van der Waals surface area contributed by atoms with Crippen molar-refractivity contribution in [2.45, 2.75) is 11.9 Å². The van der Waals surface area contributed by atoms with E-state index in [4.69, 9.17) is 0 Å². The predicted octanol–water partition coefficient (Wildman–Crippen LogP) is 4.39. The maximum atomic E-state index is 4.52. The lowest BCUT2D eigenvalue weighted by Gasteiger charge is -1.98. The van der Waals surface area contributed by atoms with Crippen molar-refractivity contribution in [3.05, 3.63) is 42.2 Å². The molecule has 0 radical (unpaired) electrons. The van der Waals surface area contributed by atoms with Gasteiger partial charge in [-0.25, -0.2) is 9.97 Å². The first kappa shape index (κ1) is 11.7. The first-order valence-electron chi connectivity index (χ1n) is 5.65. The van der Waals surface area contributed by atoms with Gasteiger partial charge in [-0.15, -0.1) is 23.1 Å². The highest BCUT2D eigenvalue weighted by Crippen LogP contribution is 2.36. The average Bonchev–Trinajstić information content (AvgIpc) is 2.82. The van der Waals surface area contributed by atoms with Crippen molar-refractivity contribution in [1.82, 2.24) is 9.97 Å². The summed E-state index contributed by atoms with van der Waals surface area (Å²) in [6.45, 7) is 1.94. The van der Waals surface area contributed by atoms with Gasteiger partial charge in [0.2, 0.25) is 0 Å². The molecule has 0 saturated heterocycles. The van der Waals surface area contributed by atoms with Crippen LogP contribution in [-0.4, -0.2) is 16.2 Å². The molecule has 0 amide bonds. The third-order valence-electron chi connectivity index (χ3n) is 2.70. The van der Waals surface area contributed by atoms with Crippen LogP contribution in [0.5, 0.6) is 0 Å². The largest absolute Gasteiger partial charge is 0.232 e. The maximum Gasteiger partial charge on any atom is 0.127 e. The Balaban J connectivity index is 2.23. The first-order chi connectivity index (χ1) is 8.78. The van der Waals surface area contributed by atoms with E-state index < -0.39 is 0 Å². The molecule has 0 aliphatic rings. The zero-order chi connectivity index (χ0) is 12.5. The highest BCUT2D eigenvalue weighted by molar-refractivity contribution is 7.98. The van der Waals surface area contributed by atoms with E-state index in [1.807, 2.05) is 13.0 Å². The van der Waals surface area contributed by atoms with Crippen molar-refractivity contribution in [2.24, 2.45) is 0 Å². The third kappa shape index (κ3) is 2.02. The molecule has 18 heavy (non-hydrogen) atoms. The molecule has 4 heteroatoms. The summed E-state index contributed by atoms with van der Waals surface area (Å²) >= 11 is 3.44. The molecule has 2 aromatic heterocycles. The fourth-order valence-electron chi connectivity index (χ4n) is 1.90. The minimum Gasteiger partial charge on any atom is -0.232 e. The van der Waals surface area contributed by atoms with Crippen molar-refractivity contribution in [3.8, 4) is 10.4 Å². The fourth-order valence-corrected chi connectivity index (χ4v) is 3.77. The van der Waals surface area contributed by atoms with Gasteiger partial charge in [-0.3, -0.25) is 0 Å². The topological polar surface area (TPSA) is 25.8 Å². The van der Waals surface area contributed by atoms with Crippen LogP contribution in [0.4, 0.5) is 0 Å². The van der Waals surface area contributed by atoms with Crippen LogP contribution < -0.4 is 0 Å². The predicted molar refractivity (Wildman–Crippen MR) is 79.4 cm³/mol. The monoisotopic (exact) mass is 272 g/mol. The Hall–Kier alpha value is -1.39. The summed E-state index contributed by atoms with van der Waals surface area (Å²) < 4.78 is 1.19. The Labute approximate surface area is 114 Å². The van der Waals surface area contributed by atoms with Crippen molar-refractivity contribution in [1.29, 1.82) is 0 Å². The van der Waals surface area contributed by atoms with E-state index >= 15 is 0 Å². The number of aryl methyl sites for hydroxylation is 1. The van der Waals surface area contributed by atoms with Crippen LogP contribution in [0.1, 0.15) is 5.82 Å². The van der Waals surface area contributed by atoms with Gasteiger partial charge in [-0.2, -0.15) is 0 Å². The van der Waals surface area contributed by atoms with E-state index in [1.165, 1.54) is 15.1 Å². The summed E-state index contributed by atoms with van der Waals surface area (Å²) in [5.74, 6) is 0.837. The van der Waals surface area contributed by atoms with Crippen molar-refractivity contribution >= 4 is 33.3 Å². The van der Waals surface area contributed by atoms with Crippen LogP contribution in [0.15, 0.2) is 41.4 Å². The molecule has 90 valence electrons. The molecule has 0 aliphatic carbocycles. The van der Waals surface area contributed by atoms with E-state index in [-0.39, 0.29) is 0 Å². The number of hydrogen-bond acceptors (Lipinski definition) is 4. The highest BCUT2D eigenvalue weighted by Gasteiger charge is 2.10. The van der Waals surface area contributed by atoms with Crippen molar-refractivity contribution < 1.29 is 0 Å². The second kappa shape index (κ2) is 4.71. The molecule has 1 aromatic carbocycles. The minimum atomic E-state index is 0.837. The number of hydrogen-bond donors (Lipinski definition) is 0. The quantitative estimate of drug-likeness (QED) is 0.511. The Kier molecular flexibility index (Phi) is 3.06. The molecule has 0 aliphatic heterocycles. The summed E-state index contributed by atoms with van der Waals surface area (Å²) in [6, 6.07) is 12.6. The van der Waals surface area contributed by atoms with Gasteiger partial charge in [0.15, 0.2) is 0 Å². The number of thiophene rings is 1. The van der Waals surface area contributed by atoms with Crippen LogP contribution in [0.2, 0.25) is 0 Å². The molecular formula is C14H12N2S2. The lowest BCUT2D eigenvalue weighted by atomic mass is 10.2. The number of nitrogens with zero attached hydrogens (tertiary/aromatic N) is 2. The van der Waals surface area contributed by atoms with Crippen LogP contribution in [0.25, 0.3) is 20.7 Å². The average molecular weight is 272 g/mol. The summed E-state index contributed by atoms with van der Waals surface area (Å²) in [7, 11) is 0. The minimum absolute atomic E-state index is 0.837. The molecule has 0 fully saturated rings. The number of benzene rings is 1. The zero-order valence-corrected chi connectivity index (χ0v) is 11.8. The van der Waals surface area contributed by atoms with Crippen LogP contribution in [-0.2, 0) is 0 Å². The van der Waals surface area contributed by atoms with Crippen molar-refractivity contribution in [3.63, 3.8) is 0 Å². The number of aromatic nitrogens is 2. The van der Waals surface area contributed by atoms with Crippen molar-refractivity contribution in [2.75, 3.05) is 6.26 Å². The Bertz CT molecular complexity index is 690. The lowest BCUT2D eigenvalue weighted by molar-refractivity contribution is 1.02. The van der Waals surface area contributed by atoms with E-state index in [0.717, 1.165) is 16.4 Å². The molecule has 0 atom stereocenters. The second-order valence-corrected chi connectivity index (χ2v) is 5.82. The van der Waals surface area contributed by atoms with Gasteiger partial charge in [0.25, 0.3) is 0 Å². The van der Waals surface area contributed by atoms with Gasteiger partial charge in [0, 0.05) is 4.88 Å². The molecule has 3 aromatic rings. The molecule has 0 bridgehead atoms. The molecule has 0 saturated carbocycles. The summed E-state index contributed by atoms with van der Waals surface area (Å²) in [5, 5.41) is 1.07. The number of rotatable bonds is 2. The third-order valence-corrected chi connectivity index (χ3v) is 4.70. The second-order valence-electron chi connectivity index (χ2n) is 3.97. The Morgan fingerprint density at radius 3 is 2.61 bits per heavy atom. The van der Waals surface area contributed by atoms with Gasteiger partial charge in [-0.1, -0.05) is 30.3 Å². The normalized spacial score (nSPS) is 11.0. The Morgan fingerprint density at radius 2 is 1.89 bits per heavy atom. The summed E-state index contributed by atoms with van der Waals surface area (Å²) in [6.07, 6.45) is 2.06. The first-order valence-corrected chi connectivity index (χ1v) is 7.69. The van der Waals surface area contributed by atoms with Crippen LogP contribution >= 0.6 is 23.1 Å².